The van der Waals surface area contributed by atoms with E-state index < -0.39 is 15.9 Å². The van der Waals surface area contributed by atoms with Gasteiger partial charge in [0.05, 0.1) is 16.1 Å². The highest BCUT2D eigenvalue weighted by atomic mass is 35.5. The van der Waals surface area contributed by atoms with Crippen LogP contribution in [-0.2, 0) is 10.0 Å². The van der Waals surface area contributed by atoms with Crippen LogP contribution < -0.4 is 9.62 Å². The number of nitrogens with zero attached hydrogens (tertiary/aromatic N) is 1. The zero-order valence-electron chi connectivity index (χ0n) is 15.4. The summed E-state index contributed by atoms with van der Waals surface area (Å²) < 4.78 is 27.0. The molecule has 3 aromatic carbocycles. The number of hydrogen-bond donors (Lipinski definition) is 1. The number of anilines is 2. The molecule has 0 aliphatic heterocycles. The van der Waals surface area contributed by atoms with Crippen molar-refractivity contribution in [1.82, 2.24) is 0 Å². The van der Waals surface area contributed by atoms with Crippen LogP contribution in [0.3, 0.4) is 0 Å². The first-order chi connectivity index (χ1) is 13.3. The first kappa shape index (κ1) is 19.9. The Hall–Kier alpha value is -2.83. The van der Waals surface area contributed by atoms with E-state index in [2.05, 4.69) is 5.32 Å². The first-order valence-corrected chi connectivity index (χ1v) is 10.3. The predicted octanol–water partition coefficient (Wildman–Crippen LogP) is 4.73. The van der Waals surface area contributed by atoms with E-state index in [1.807, 2.05) is 0 Å². The highest BCUT2D eigenvalue weighted by Gasteiger charge is 2.25. The molecule has 0 atom stereocenters. The van der Waals surface area contributed by atoms with Crippen molar-refractivity contribution in [2.24, 2.45) is 0 Å². The standard InChI is InChI=1S/C21H19ClN2O3S/c1-15-18(22)12-8-13-19(15)23-21(25)17-11-6-7-14-20(17)24(2)28(26,27)16-9-4-3-5-10-16/h3-14H,1-2H3,(H,23,25). The number of sulfonamides is 1. The summed E-state index contributed by atoms with van der Waals surface area (Å²) in [5, 5.41) is 3.35. The lowest BCUT2D eigenvalue weighted by Crippen LogP contribution is -2.29. The smallest absolute Gasteiger partial charge is 0.264 e. The largest absolute Gasteiger partial charge is 0.322 e. The third kappa shape index (κ3) is 3.88. The van der Waals surface area contributed by atoms with Crippen molar-refractivity contribution < 1.29 is 13.2 Å². The van der Waals surface area contributed by atoms with Gasteiger partial charge in [0, 0.05) is 17.8 Å². The predicted molar refractivity (Wildman–Crippen MR) is 113 cm³/mol. The average molecular weight is 415 g/mol. The maximum absolute atomic E-state index is 12.9. The van der Waals surface area contributed by atoms with Crippen LogP contribution in [-0.4, -0.2) is 21.4 Å². The van der Waals surface area contributed by atoms with E-state index in [0.29, 0.717) is 10.7 Å². The molecule has 0 heterocycles. The van der Waals surface area contributed by atoms with Gasteiger partial charge in [0.2, 0.25) is 0 Å². The Morgan fingerprint density at radius 3 is 2.29 bits per heavy atom. The number of carbonyl (C=O) groups excluding carboxylic acids is 1. The number of halogens is 1. The molecule has 144 valence electrons. The van der Waals surface area contributed by atoms with Gasteiger partial charge in [0.25, 0.3) is 15.9 Å². The minimum atomic E-state index is -3.80. The molecule has 0 saturated heterocycles. The number of rotatable bonds is 5. The topological polar surface area (TPSA) is 66.5 Å². The van der Waals surface area contributed by atoms with Crippen molar-refractivity contribution in [3.63, 3.8) is 0 Å². The molecular formula is C21H19ClN2O3S. The highest BCUT2D eigenvalue weighted by molar-refractivity contribution is 7.92. The van der Waals surface area contributed by atoms with E-state index in [4.69, 9.17) is 11.6 Å². The molecule has 3 rings (SSSR count). The van der Waals surface area contributed by atoms with Crippen LogP contribution in [0, 0.1) is 6.92 Å². The van der Waals surface area contributed by atoms with Crippen LogP contribution >= 0.6 is 11.6 Å². The molecule has 0 radical (unpaired) electrons. The quantitative estimate of drug-likeness (QED) is 0.656. The normalized spacial score (nSPS) is 11.1. The average Bonchev–Trinajstić information content (AvgIpc) is 2.71. The zero-order valence-corrected chi connectivity index (χ0v) is 17.0. The van der Waals surface area contributed by atoms with Crippen LogP contribution in [0.5, 0.6) is 0 Å². The second-order valence-electron chi connectivity index (χ2n) is 6.17. The third-order valence-corrected chi connectivity index (χ3v) is 6.60. The molecule has 0 aliphatic rings. The van der Waals surface area contributed by atoms with Gasteiger partial charge in [0.1, 0.15) is 0 Å². The van der Waals surface area contributed by atoms with Crippen molar-refractivity contribution >= 4 is 38.9 Å². The summed E-state index contributed by atoms with van der Waals surface area (Å²) in [6.07, 6.45) is 0. The Labute approximate surface area is 169 Å². The Kier molecular flexibility index (Phi) is 5.72. The van der Waals surface area contributed by atoms with Crippen LogP contribution in [0.2, 0.25) is 5.02 Å². The minimum Gasteiger partial charge on any atom is -0.322 e. The Morgan fingerprint density at radius 1 is 0.929 bits per heavy atom. The fourth-order valence-corrected chi connectivity index (χ4v) is 4.16. The van der Waals surface area contributed by atoms with Gasteiger partial charge in [-0.15, -0.1) is 0 Å². The lowest BCUT2D eigenvalue weighted by atomic mass is 10.1. The minimum absolute atomic E-state index is 0.151. The molecule has 5 nitrogen and oxygen atoms in total. The number of nitrogens with one attached hydrogen (secondary N) is 1. The van der Waals surface area contributed by atoms with Gasteiger partial charge >= 0.3 is 0 Å². The van der Waals surface area contributed by atoms with E-state index in [1.54, 1.807) is 67.6 Å². The molecule has 1 N–H and O–H groups in total. The number of hydrogen-bond acceptors (Lipinski definition) is 3. The van der Waals surface area contributed by atoms with Gasteiger partial charge in [0.15, 0.2) is 0 Å². The number of para-hydroxylation sites is 1. The maximum atomic E-state index is 12.9. The second kappa shape index (κ2) is 8.04. The van der Waals surface area contributed by atoms with E-state index >= 15 is 0 Å². The second-order valence-corrected chi connectivity index (χ2v) is 8.55. The van der Waals surface area contributed by atoms with Crippen molar-refractivity contribution in [2.45, 2.75) is 11.8 Å². The lowest BCUT2D eigenvalue weighted by molar-refractivity contribution is 0.102. The van der Waals surface area contributed by atoms with Gasteiger partial charge in [-0.1, -0.05) is 48.0 Å². The molecule has 0 saturated carbocycles. The van der Waals surface area contributed by atoms with Crippen molar-refractivity contribution in [3.05, 3.63) is 88.9 Å². The molecule has 0 spiro atoms. The molecule has 0 aromatic heterocycles. The summed E-state index contributed by atoms with van der Waals surface area (Å²) in [5.41, 5.74) is 1.83. The lowest BCUT2D eigenvalue weighted by Gasteiger charge is -2.22. The maximum Gasteiger partial charge on any atom is 0.264 e. The molecule has 0 aliphatic carbocycles. The van der Waals surface area contributed by atoms with Crippen molar-refractivity contribution in [1.29, 1.82) is 0 Å². The summed E-state index contributed by atoms with van der Waals surface area (Å²) in [6.45, 7) is 1.80. The summed E-state index contributed by atoms with van der Waals surface area (Å²) >= 11 is 6.11. The van der Waals surface area contributed by atoms with Crippen LogP contribution in [0.1, 0.15) is 15.9 Å². The van der Waals surface area contributed by atoms with Gasteiger partial charge in [-0.05, 0) is 48.9 Å². The van der Waals surface area contributed by atoms with Gasteiger partial charge in [-0.2, -0.15) is 0 Å². The van der Waals surface area contributed by atoms with E-state index in [-0.39, 0.29) is 16.1 Å². The molecule has 1 amide bonds. The van der Waals surface area contributed by atoms with E-state index in [1.165, 1.54) is 19.2 Å². The van der Waals surface area contributed by atoms with Crippen LogP contribution in [0.15, 0.2) is 77.7 Å². The van der Waals surface area contributed by atoms with Crippen molar-refractivity contribution in [3.8, 4) is 0 Å². The Morgan fingerprint density at radius 2 is 1.57 bits per heavy atom. The van der Waals surface area contributed by atoms with Crippen molar-refractivity contribution in [2.75, 3.05) is 16.7 Å². The monoisotopic (exact) mass is 414 g/mol. The molecule has 0 fully saturated rings. The summed E-state index contributed by atoms with van der Waals surface area (Å²) in [4.78, 5) is 13.0. The summed E-state index contributed by atoms with van der Waals surface area (Å²) in [7, 11) is -2.37. The summed E-state index contributed by atoms with van der Waals surface area (Å²) in [6, 6.07) is 19.9. The third-order valence-electron chi connectivity index (χ3n) is 4.41. The highest BCUT2D eigenvalue weighted by Crippen LogP contribution is 2.28. The Balaban J connectivity index is 1.97. The fraction of sp³-hybridized carbons (Fsp3) is 0.0952. The van der Waals surface area contributed by atoms with Crippen LogP contribution in [0.25, 0.3) is 0 Å². The molecule has 28 heavy (non-hydrogen) atoms. The fourth-order valence-electron chi connectivity index (χ4n) is 2.75. The number of amides is 1. The number of carbonyl (C=O) groups is 1. The summed E-state index contributed by atoms with van der Waals surface area (Å²) in [5.74, 6) is -0.420. The SMILES string of the molecule is Cc1c(Cl)cccc1NC(=O)c1ccccc1N(C)S(=O)(=O)c1ccccc1. The van der Waals surface area contributed by atoms with Gasteiger partial charge in [-0.25, -0.2) is 8.42 Å². The zero-order chi connectivity index (χ0) is 20.3. The van der Waals surface area contributed by atoms with Crippen LogP contribution in [0.4, 0.5) is 11.4 Å². The molecular weight excluding hydrogens is 396 g/mol. The van der Waals surface area contributed by atoms with E-state index in [9.17, 15) is 13.2 Å². The molecule has 3 aromatic rings. The molecule has 0 bridgehead atoms. The number of benzene rings is 3. The van der Waals surface area contributed by atoms with E-state index in [0.717, 1.165) is 9.87 Å². The van der Waals surface area contributed by atoms with Gasteiger partial charge < -0.3 is 5.32 Å². The van der Waals surface area contributed by atoms with Gasteiger partial charge in [-0.3, -0.25) is 9.10 Å². The Bertz CT molecular complexity index is 1120. The molecule has 0 unspecified atom stereocenters. The first-order valence-electron chi connectivity index (χ1n) is 8.52. The molecule has 7 heteroatoms.